The van der Waals surface area contributed by atoms with Gasteiger partial charge in [-0.05, 0) is 88.4 Å². The molecule has 248 valence electrons. The maximum atomic E-state index is 13.7. The molecule has 1 amide bonds. The van der Waals surface area contributed by atoms with E-state index in [4.69, 9.17) is 19.6 Å². The lowest BCUT2D eigenvalue weighted by molar-refractivity contribution is 0.00638. The number of aromatic nitrogens is 4. The van der Waals surface area contributed by atoms with Crippen LogP contribution >= 0.6 is 11.3 Å². The van der Waals surface area contributed by atoms with Crippen molar-refractivity contribution >= 4 is 44.4 Å². The maximum Gasteiger partial charge on any atom is 0.358 e. The monoisotopic (exact) mass is 664 g/mol. The molecule has 0 saturated carbocycles. The topological polar surface area (TPSA) is 111 Å². The molecule has 48 heavy (non-hydrogen) atoms. The second-order valence-electron chi connectivity index (χ2n) is 13.5. The number of benzene rings is 2. The summed E-state index contributed by atoms with van der Waals surface area (Å²) in [6.07, 6.45) is 4.72. The Balaban J connectivity index is 1.18. The van der Waals surface area contributed by atoms with Gasteiger partial charge in [0.05, 0.1) is 23.0 Å². The zero-order valence-corrected chi connectivity index (χ0v) is 28.6. The van der Waals surface area contributed by atoms with E-state index in [1.54, 1.807) is 0 Å². The van der Waals surface area contributed by atoms with Gasteiger partial charge < -0.3 is 14.4 Å². The first kappa shape index (κ1) is 32.0. The highest BCUT2D eigenvalue weighted by Crippen LogP contribution is 2.33. The van der Waals surface area contributed by atoms with Crippen LogP contribution in [0.4, 0.5) is 10.9 Å². The molecule has 5 heterocycles. The molecule has 2 aliphatic heterocycles. The van der Waals surface area contributed by atoms with E-state index >= 15 is 0 Å². The van der Waals surface area contributed by atoms with Gasteiger partial charge in [0.15, 0.2) is 10.8 Å². The van der Waals surface area contributed by atoms with Crippen LogP contribution in [0, 0.1) is 12.8 Å². The number of rotatable bonds is 7. The fourth-order valence-corrected chi connectivity index (χ4v) is 7.36. The molecule has 0 bridgehead atoms. The van der Waals surface area contributed by atoms with Crippen LogP contribution in [-0.4, -0.2) is 57.0 Å². The lowest BCUT2D eigenvalue weighted by Gasteiger charge is -2.31. The molecule has 1 atom stereocenters. The normalized spacial score (nSPS) is 16.5. The van der Waals surface area contributed by atoms with Gasteiger partial charge in [0, 0.05) is 54.5 Å². The van der Waals surface area contributed by atoms with Gasteiger partial charge in [0.1, 0.15) is 11.4 Å². The average Bonchev–Trinajstić information content (AvgIpc) is 3.65. The van der Waals surface area contributed by atoms with Crippen LogP contribution in [0.5, 0.6) is 0 Å². The van der Waals surface area contributed by atoms with Crippen LogP contribution < -0.4 is 10.2 Å². The van der Waals surface area contributed by atoms with Crippen LogP contribution in [0.15, 0.2) is 60.8 Å². The van der Waals surface area contributed by atoms with Crippen molar-refractivity contribution in [1.29, 1.82) is 0 Å². The third-order valence-electron chi connectivity index (χ3n) is 8.91. The molecular formula is C37H40N6O4S. The summed E-state index contributed by atoms with van der Waals surface area (Å²) in [5, 5.41) is 8.28. The molecule has 0 spiro atoms. The summed E-state index contributed by atoms with van der Waals surface area (Å²) < 4.78 is 14.6. The molecule has 2 aromatic carbocycles. The Morgan fingerprint density at radius 1 is 1.06 bits per heavy atom. The number of hydrogen-bond acceptors (Lipinski definition) is 9. The number of carbonyl (C=O) groups excluding carboxylic acids is 2. The van der Waals surface area contributed by atoms with Crippen LogP contribution in [0.3, 0.4) is 0 Å². The van der Waals surface area contributed by atoms with Crippen molar-refractivity contribution in [2.24, 2.45) is 5.92 Å². The Morgan fingerprint density at radius 2 is 1.92 bits per heavy atom. The van der Waals surface area contributed by atoms with E-state index in [0.29, 0.717) is 41.1 Å². The van der Waals surface area contributed by atoms with Crippen molar-refractivity contribution in [3.8, 4) is 11.1 Å². The third kappa shape index (κ3) is 6.70. The number of fused-ring (bicyclic) bond motifs is 2. The number of para-hydroxylation sites is 1. The minimum Gasteiger partial charge on any atom is -0.455 e. The highest BCUT2D eigenvalue weighted by molar-refractivity contribution is 7.22. The largest absolute Gasteiger partial charge is 0.455 e. The summed E-state index contributed by atoms with van der Waals surface area (Å²) in [6, 6.07) is 17.6. The first-order valence-electron chi connectivity index (χ1n) is 16.5. The quantitative estimate of drug-likeness (QED) is 0.184. The van der Waals surface area contributed by atoms with Crippen LogP contribution in [0.25, 0.3) is 21.3 Å². The highest BCUT2D eigenvalue weighted by Gasteiger charge is 2.28. The van der Waals surface area contributed by atoms with Crippen LogP contribution in [-0.2, 0) is 29.0 Å². The minimum atomic E-state index is -0.693. The van der Waals surface area contributed by atoms with Crippen molar-refractivity contribution in [3.05, 3.63) is 88.9 Å². The number of hydrogen-bond donors (Lipinski definition) is 1. The first-order chi connectivity index (χ1) is 23.1. The van der Waals surface area contributed by atoms with Crippen molar-refractivity contribution in [2.45, 2.75) is 65.6 Å². The smallest absolute Gasteiger partial charge is 0.358 e. The molecule has 1 saturated heterocycles. The number of ether oxygens (including phenoxy) is 2. The van der Waals surface area contributed by atoms with E-state index in [2.05, 4.69) is 21.3 Å². The lowest BCUT2D eigenvalue weighted by Crippen LogP contribution is -2.33. The second-order valence-corrected chi connectivity index (χ2v) is 14.6. The molecular weight excluding hydrogens is 625 g/mol. The number of anilines is 2. The first-order valence-corrected chi connectivity index (χ1v) is 17.3. The van der Waals surface area contributed by atoms with Gasteiger partial charge in [-0.15, -0.1) is 0 Å². The summed E-state index contributed by atoms with van der Waals surface area (Å²) in [5.41, 5.74) is 5.59. The minimum absolute atomic E-state index is 0.196. The Labute approximate surface area is 284 Å². The second kappa shape index (κ2) is 13.1. The van der Waals surface area contributed by atoms with E-state index < -0.39 is 11.6 Å². The molecule has 10 nitrogen and oxygen atoms in total. The Bertz CT molecular complexity index is 1950. The van der Waals surface area contributed by atoms with Crippen molar-refractivity contribution in [3.63, 3.8) is 0 Å². The SMILES string of the molecule is Cc1c(-c2ccc(N3CCc4cccc(C(=O)Nc5nc6ccccc6s5)c4C3)nc2C(=O)OC(C)(C)C)cnn1CC1CCCOC1. The molecule has 2 aliphatic rings. The fraction of sp³-hybridized carbons (Fsp3) is 0.378. The average molecular weight is 665 g/mol. The number of amides is 1. The number of nitrogens with one attached hydrogen (secondary N) is 1. The molecule has 3 aromatic heterocycles. The summed E-state index contributed by atoms with van der Waals surface area (Å²) in [4.78, 5) is 38.9. The molecule has 7 rings (SSSR count). The van der Waals surface area contributed by atoms with Gasteiger partial charge in [-0.3, -0.25) is 14.8 Å². The van der Waals surface area contributed by atoms with Gasteiger partial charge in [-0.25, -0.2) is 14.8 Å². The number of esters is 1. The standard InChI is InChI=1S/C37H40N6O4S/c1-23-28(19-38-43(23)20-24-9-8-18-46-22-24)26-14-15-32(40-33(26)35(45)47-37(2,3)4)42-17-16-25-10-7-11-27(29(25)21-42)34(44)41-36-39-30-12-5-6-13-31(30)48-36/h5-7,10-15,19,24H,8-9,16-18,20-22H2,1-4H3,(H,39,41,44). The molecule has 11 heteroatoms. The summed E-state index contributed by atoms with van der Waals surface area (Å²) in [6.45, 7) is 11.1. The third-order valence-corrected chi connectivity index (χ3v) is 9.86. The predicted octanol–water partition coefficient (Wildman–Crippen LogP) is 7.06. The van der Waals surface area contributed by atoms with E-state index in [-0.39, 0.29) is 11.6 Å². The van der Waals surface area contributed by atoms with E-state index in [0.717, 1.165) is 71.6 Å². The highest BCUT2D eigenvalue weighted by atomic mass is 32.1. The molecule has 0 radical (unpaired) electrons. The summed E-state index contributed by atoms with van der Waals surface area (Å²) in [7, 11) is 0. The van der Waals surface area contributed by atoms with E-state index in [1.165, 1.54) is 11.3 Å². The molecule has 5 aromatic rings. The van der Waals surface area contributed by atoms with Gasteiger partial charge in [-0.1, -0.05) is 35.6 Å². The Hall–Kier alpha value is -4.61. The Kier molecular flexibility index (Phi) is 8.74. The zero-order chi connectivity index (χ0) is 33.4. The molecule has 1 N–H and O–H groups in total. The number of nitrogens with zero attached hydrogens (tertiary/aromatic N) is 5. The van der Waals surface area contributed by atoms with E-state index in [1.807, 2.05) is 87.1 Å². The van der Waals surface area contributed by atoms with Crippen LogP contribution in [0.1, 0.15) is 71.3 Å². The summed E-state index contributed by atoms with van der Waals surface area (Å²) >= 11 is 1.45. The van der Waals surface area contributed by atoms with Crippen LogP contribution in [0.2, 0.25) is 0 Å². The molecule has 1 fully saturated rings. The zero-order valence-electron chi connectivity index (χ0n) is 27.8. The maximum absolute atomic E-state index is 13.7. The van der Waals surface area contributed by atoms with Crippen molar-refractivity contribution < 1.29 is 19.1 Å². The van der Waals surface area contributed by atoms with Crippen molar-refractivity contribution in [1.82, 2.24) is 19.7 Å². The fourth-order valence-electron chi connectivity index (χ4n) is 6.49. The lowest BCUT2D eigenvalue weighted by atomic mass is 9.94. The van der Waals surface area contributed by atoms with Gasteiger partial charge in [0.25, 0.3) is 5.91 Å². The summed E-state index contributed by atoms with van der Waals surface area (Å²) in [5.74, 6) is 0.375. The number of pyridine rings is 1. The van der Waals surface area contributed by atoms with Gasteiger partial charge >= 0.3 is 5.97 Å². The van der Waals surface area contributed by atoms with Gasteiger partial charge in [0.2, 0.25) is 0 Å². The number of thiazole rings is 1. The predicted molar refractivity (Wildman–Crippen MR) is 188 cm³/mol. The van der Waals surface area contributed by atoms with E-state index in [9.17, 15) is 9.59 Å². The van der Waals surface area contributed by atoms with Gasteiger partial charge in [-0.2, -0.15) is 5.10 Å². The molecule has 0 aliphatic carbocycles. The molecule has 1 unspecified atom stereocenters. The number of carbonyl (C=O) groups is 2. The van der Waals surface area contributed by atoms with Crippen molar-refractivity contribution in [2.75, 3.05) is 30.0 Å². The Morgan fingerprint density at radius 3 is 2.71 bits per heavy atom.